The molecule has 2 aromatic carbocycles. The summed E-state index contributed by atoms with van der Waals surface area (Å²) in [6, 6.07) is 16.3. The molecule has 1 heterocycles. The summed E-state index contributed by atoms with van der Waals surface area (Å²) < 4.78 is 5.46. The molecule has 1 aromatic heterocycles. The molecule has 0 aliphatic rings. The van der Waals surface area contributed by atoms with Crippen LogP contribution in [0.4, 0.5) is 5.82 Å². The largest absolute Gasteiger partial charge is 0.496 e. The lowest BCUT2D eigenvalue weighted by Crippen LogP contribution is -2.36. The number of rotatable bonds is 10. The number of ether oxygens (including phenoxy) is 1. The number of aromatic nitrogens is 1. The number of fused-ring (bicyclic) bond motifs is 1. The SMILES string of the molecule is COc1ccccc1CCC(=O)N(CCN(C)C)Cc1cc2cccc(C)c2nc1N(C)C. The first-order chi connectivity index (χ1) is 15.8. The number of nitrogens with zero attached hydrogens (tertiary/aromatic N) is 4. The Morgan fingerprint density at radius 2 is 1.73 bits per heavy atom. The minimum atomic E-state index is 0.136. The van der Waals surface area contributed by atoms with Gasteiger partial charge in [-0.3, -0.25) is 4.79 Å². The molecule has 0 unspecified atom stereocenters. The van der Waals surface area contributed by atoms with E-state index >= 15 is 0 Å². The molecular formula is C27H36N4O2. The molecule has 0 radical (unpaired) electrons. The number of aryl methyl sites for hydroxylation is 2. The molecule has 0 bridgehead atoms. The van der Waals surface area contributed by atoms with E-state index in [0.29, 0.717) is 25.9 Å². The van der Waals surface area contributed by atoms with Gasteiger partial charge in [0.15, 0.2) is 0 Å². The molecule has 6 heteroatoms. The van der Waals surface area contributed by atoms with E-state index in [4.69, 9.17) is 9.72 Å². The van der Waals surface area contributed by atoms with Gasteiger partial charge in [0.2, 0.25) is 5.91 Å². The number of carbonyl (C=O) groups excluding carboxylic acids is 1. The van der Waals surface area contributed by atoms with Crippen LogP contribution in [-0.2, 0) is 17.8 Å². The van der Waals surface area contributed by atoms with E-state index in [9.17, 15) is 4.79 Å². The molecule has 33 heavy (non-hydrogen) atoms. The van der Waals surface area contributed by atoms with Gasteiger partial charge in [-0.05, 0) is 50.7 Å². The average molecular weight is 449 g/mol. The number of anilines is 1. The Kier molecular flexibility index (Phi) is 8.28. The van der Waals surface area contributed by atoms with Gasteiger partial charge < -0.3 is 19.4 Å². The maximum absolute atomic E-state index is 13.4. The summed E-state index contributed by atoms with van der Waals surface area (Å²) in [5, 5.41) is 1.10. The fourth-order valence-corrected chi connectivity index (χ4v) is 4.01. The molecule has 1 amide bonds. The molecule has 0 atom stereocenters. The summed E-state index contributed by atoms with van der Waals surface area (Å²) in [5.41, 5.74) is 4.27. The van der Waals surface area contributed by atoms with E-state index < -0.39 is 0 Å². The number of hydrogen-bond donors (Lipinski definition) is 0. The van der Waals surface area contributed by atoms with Gasteiger partial charge in [-0.25, -0.2) is 4.98 Å². The monoisotopic (exact) mass is 448 g/mol. The second-order valence-electron chi connectivity index (χ2n) is 8.94. The first-order valence-electron chi connectivity index (χ1n) is 11.4. The number of carbonyl (C=O) groups is 1. The van der Waals surface area contributed by atoms with Crippen LogP contribution in [0.25, 0.3) is 10.9 Å². The van der Waals surface area contributed by atoms with Crippen LogP contribution < -0.4 is 9.64 Å². The van der Waals surface area contributed by atoms with E-state index in [0.717, 1.165) is 45.7 Å². The highest BCUT2D eigenvalue weighted by Crippen LogP contribution is 2.26. The van der Waals surface area contributed by atoms with Crippen LogP contribution in [-0.4, -0.2) is 69.1 Å². The molecule has 0 saturated carbocycles. The molecule has 6 nitrogen and oxygen atoms in total. The van der Waals surface area contributed by atoms with Crippen molar-refractivity contribution >= 4 is 22.6 Å². The first-order valence-corrected chi connectivity index (χ1v) is 11.4. The standard InChI is InChI=1S/C27H36N4O2/c1-20-10-9-12-22-18-23(27(30(4)5)28-26(20)22)19-31(17-16-29(2)3)25(32)15-14-21-11-7-8-13-24(21)33-6/h7-13,18H,14-17,19H2,1-6H3. The predicted octanol–water partition coefficient (Wildman–Crippen LogP) is 4.14. The van der Waals surface area contributed by atoms with Crippen LogP contribution in [0, 0.1) is 6.92 Å². The lowest BCUT2D eigenvalue weighted by molar-refractivity contribution is -0.131. The second kappa shape index (κ2) is 11.1. The van der Waals surface area contributed by atoms with E-state index in [-0.39, 0.29) is 5.91 Å². The lowest BCUT2D eigenvalue weighted by Gasteiger charge is -2.27. The topological polar surface area (TPSA) is 48.9 Å². The van der Waals surface area contributed by atoms with Crippen LogP contribution in [0.3, 0.4) is 0 Å². The van der Waals surface area contributed by atoms with Gasteiger partial charge in [0, 0.05) is 51.1 Å². The summed E-state index contributed by atoms with van der Waals surface area (Å²) in [4.78, 5) is 24.4. The van der Waals surface area contributed by atoms with Gasteiger partial charge in [-0.15, -0.1) is 0 Å². The Hall–Kier alpha value is -3.12. The molecule has 0 fully saturated rings. The molecule has 3 rings (SSSR count). The fraction of sp³-hybridized carbons (Fsp3) is 0.407. The summed E-state index contributed by atoms with van der Waals surface area (Å²) in [7, 11) is 9.74. The fourth-order valence-electron chi connectivity index (χ4n) is 4.01. The number of likely N-dealkylation sites (N-methyl/N-ethyl adjacent to an activating group) is 1. The summed E-state index contributed by atoms with van der Waals surface area (Å²) in [6.45, 7) is 4.08. The molecule has 3 aromatic rings. The van der Waals surface area contributed by atoms with Gasteiger partial charge in [-0.1, -0.05) is 36.4 Å². The normalized spacial score (nSPS) is 11.1. The maximum atomic E-state index is 13.4. The molecule has 0 aliphatic carbocycles. The van der Waals surface area contributed by atoms with Gasteiger partial charge in [0.1, 0.15) is 11.6 Å². The minimum Gasteiger partial charge on any atom is -0.496 e. The Bertz CT molecular complexity index is 1090. The number of pyridine rings is 1. The van der Waals surface area contributed by atoms with Gasteiger partial charge in [0.05, 0.1) is 12.6 Å². The number of para-hydroxylation sites is 2. The van der Waals surface area contributed by atoms with Crippen LogP contribution in [0.1, 0.15) is 23.1 Å². The first kappa shape index (κ1) is 24.5. The number of benzene rings is 2. The molecule has 0 aliphatic heterocycles. The molecule has 176 valence electrons. The minimum absolute atomic E-state index is 0.136. The Morgan fingerprint density at radius 3 is 2.42 bits per heavy atom. The third-order valence-electron chi connectivity index (χ3n) is 5.86. The second-order valence-corrected chi connectivity index (χ2v) is 8.94. The third kappa shape index (κ3) is 6.23. The smallest absolute Gasteiger partial charge is 0.223 e. The third-order valence-corrected chi connectivity index (χ3v) is 5.86. The number of methoxy groups -OCH3 is 1. The van der Waals surface area contributed by atoms with E-state index in [1.807, 2.05) is 62.3 Å². The zero-order valence-electron chi connectivity index (χ0n) is 20.8. The highest BCUT2D eigenvalue weighted by atomic mass is 16.5. The van der Waals surface area contributed by atoms with Crippen molar-refractivity contribution in [2.75, 3.05) is 53.3 Å². The van der Waals surface area contributed by atoms with Crippen LogP contribution in [0.5, 0.6) is 5.75 Å². The van der Waals surface area contributed by atoms with Gasteiger partial charge in [0.25, 0.3) is 0 Å². The van der Waals surface area contributed by atoms with Crippen molar-refractivity contribution in [1.82, 2.24) is 14.8 Å². The Labute approximate surface area is 197 Å². The van der Waals surface area contributed by atoms with E-state index in [2.05, 4.69) is 36.1 Å². The van der Waals surface area contributed by atoms with Crippen molar-refractivity contribution in [3.05, 3.63) is 65.2 Å². The van der Waals surface area contributed by atoms with Crippen molar-refractivity contribution in [2.24, 2.45) is 0 Å². The summed E-state index contributed by atoms with van der Waals surface area (Å²) >= 11 is 0. The Balaban J connectivity index is 1.87. The van der Waals surface area contributed by atoms with E-state index in [1.165, 1.54) is 0 Å². The van der Waals surface area contributed by atoms with Crippen LogP contribution in [0.2, 0.25) is 0 Å². The van der Waals surface area contributed by atoms with Crippen molar-refractivity contribution in [3.63, 3.8) is 0 Å². The highest BCUT2D eigenvalue weighted by molar-refractivity contribution is 5.85. The van der Waals surface area contributed by atoms with Crippen molar-refractivity contribution < 1.29 is 9.53 Å². The zero-order valence-corrected chi connectivity index (χ0v) is 20.8. The quantitative estimate of drug-likeness (QED) is 0.467. The molecule has 0 N–H and O–H groups in total. The van der Waals surface area contributed by atoms with E-state index in [1.54, 1.807) is 7.11 Å². The van der Waals surface area contributed by atoms with Crippen LogP contribution in [0.15, 0.2) is 48.5 Å². The summed E-state index contributed by atoms with van der Waals surface area (Å²) in [5.74, 6) is 1.87. The zero-order chi connectivity index (χ0) is 24.0. The molecule has 0 spiro atoms. The highest BCUT2D eigenvalue weighted by Gasteiger charge is 2.19. The molecular weight excluding hydrogens is 412 g/mol. The summed E-state index contributed by atoms with van der Waals surface area (Å²) in [6.07, 6.45) is 1.09. The van der Waals surface area contributed by atoms with Gasteiger partial charge in [-0.2, -0.15) is 0 Å². The van der Waals surface area contributed by atoms with Gasteiger partial charge >= 0.3 is 0 Å². The van der Waals surface area contributed by atoms with Crippen molar-refractivity contribution in [2.45, 2.75) is 26.3 Å². The molecule has 0 saturated heterocycles. The number of hydrogen-bond acceptors (Lipinski definition) is 5. The van der Waals surface area contributed by atoms with Crippen molar-refractivity contribution in [1.29, 1.82) is 0 Å². The average Bonchev–Trinajstić information content (AvgIpc) is 2.79. The lowest BCUT2D eigenvalue weighted by atomic mass is 10.1. The van der Waals surface area contributed by atoms with Crippen molar-refractivity contribution in [3.8, 4) is 5.75 Å². The Morgan fingerprint density at radius 1 is 0.970 bits per heavy atom. The number of amides is 1. The predicted molar refractivity (Wildman–Crippen MR) is 136 cm³/mol. The van der Waals surface area contributed by atoms with Crippen LogP contribution >= 0.6 is 0 Å². The maximum Gasteiger partial charge on any atom is 0.223 e.